The fourth-order valence-corrected chi connectivity index (χ4v) is 2.51. The number of aryl methyl sites for hydroxylation is 1. The van der Waals surface area contributed by atoms with E-state index in [0.717, 1.165) is 0 Å². The fourth-order valence-electron chi connectivity index (χ4n) is 2.14. The number of hydrogen-bond acceptors (Lipinski definition) is 2. The molecule has 0 radical (unpaired) electrons. The number of hydrogen-bond donors (Lipinski definition) is 1. The lowest BCUT2D eigenvalue weighted by Crippen LogP contribution is -2.27. The standard InChI is InChI=1S/C13H14ClFN2O/c1-13(18,12-11(14)8-16-17(12)2)7-9-4-3-5-10(15)6-9/h3-6,8,18H,7H2,1-2H3. The van der Waals surface area contributed by atoms with E-state index in [4.69, 9.17) is 11.6 Å². The molecule has 1 aromatic heterocycles. The van der Waals surface area contributed by atoms with Crippen LogP contribution in [0.4, 0.5) is 4.39 Å². The quantitative estimate of drug-likeness (QED) is 0.929. The zero-order valence-electron chi connectivity index (χ0n) is 10.2. The van der Waals surface area contributed by atoms with E-state index in [1.54, 1.807) is 26.1 Å². The first-order valence-corrected chi connectivity index (χ1v) is 5.93. The fraction of sp³-hybridized carbons (Fsp3) is 0.308. The molecule has 3 nitrogen and oxygen atoms in total. The molecule has 0 aliphatic carbocycles. The molecule has 5 heteroatoms. The van der Waals surface area contributed by atoms with Crippen molar-refractivity contribution in [3.63, 3.8) is 0 Å². The molecule has 1 atom stereocenters. The molecule has 0 fully saturated rings. The summed E-state index contributed by atoms with van der Waals surface area (Å²) in [4.78, 5) is 0. The second kappa shape index (κ2) is 4.71. The monoisotopic (exact) mass is 268 g/mol. The zero-order valence-corrected chi connectivity index (χ0v) is 10.9. The van der Waals surface area contributed by atoms with E-state index in [0.29, 0.717) is 16.3 Å². The lowest BCUT2D eigenvalue weighted by atomic mass is 9.93. The SMILES string of the molecule is Cn1ncc(Cl)c1C(C)(O)Cc1cccc(F)c1. The average Bonchev–Trinajstić information content (AvgIpc) is 2.58. The third-order valence-electron chi connectivity index (χ3n) is 2.84. The van der Waals surface area contributed by atoms with Crippen LogP contribution in [-0.4, -0.2) is 14.9 Å². The highest BCUT2D eigenvalue weighted by Gasteiger charge is 2.29. The van der Waals surface area contributed by atoms with Crippen molar-refractivity contribution in [1.29, 1.82) is 0 Å². The van der Waals surface area contributed by atoms with E-state index in [-0.39, 0.29) is 12.2 Å². The van der Waals surface area contributed by atoms with E-state index in [1.807, 2.05) is 0 Å². The van der Waals surface area contributed by atoms with Crippen LogP contribution in [0, 0.1) is 5.82 Å². The Balaban J connectivity index is 2.32. The van der Waals surface area contributed by atoms with Crippen molar-refractivity contribution in [3.8, 4) is 0 Å². The smallest absolute Gasteiger partial charge is 0.123 e. The van der Waals surface area contributed by atoms with Gasteiger partial charge in [0.1, 0.15) is 11.4 Å². The maximum Gasteiger partial charge on any atom is 0.123 e. The molecule has 1 unspecified atom stereocenters. The van der Waals surface area contributed by atoms with Gasteiger partial charge in [0.05, 0.1) is 16.9 Å². The maximum atomic E-state index is 13.1. The predicted molar refractivity (Wildman–Crippen MR) is 67.9 cm³/mol. The second-order valence-electron chi connectivity index (χ2n) is 4.55. The molecule has 0 saturated heterocycles. The molecular weight excluding hydrogens is 255 g/mol. The molecule has 0 saturated carbocycles. The first-order valence-electron chi connectivity index (χ1n) is 5.55. The van der Waals surface area contributed by atoms with E-state index in [9.17, 15) is 9.50 Å². The normalized spacial score (nSPS) is 14.5. The van der Waals surface area contributed by atoms with E-state index < -0.39 is 5.60 Å². The minimum atomic E-state index is -1.20. The minimum Gasteiger partial charge on any atom is -0.383 e. The summed E-state index contributed by atoms with van der Waals surface area (Å²) in [6.45, 7) is 1.64. The summed E-state index contributed by atoms with van der Waals surface area (Å²) in [6.07, 6.45) is 1.75. The molecule has 0 aliphatic heterocycles. The van der Waals surface area contributed by atoms with Gasteiger partial charge in [-0.25, -0.2) is 4.39 Å². The van der Waals surface area contributed by atoms with E-state index in [2.05, 4.69) is 5.10 Å². The Kier molecular flexibility index (Phi) is 3.41. The summed E-state index contributed by atoms with van der Waals surface area (Å²) in [5, 5.41) is 14.9. The van der Waals surface area contributed by atoms with Crippen LogP contribution in [0.15, 0.2) is 30.5 Å². The van der Waals surface area contributed by atoms with Crippen molar-refractivity contribution in [2.24, 2.45) is 7.05 Å². The molecule has 18 heavy (non-hydrogen) atoms. The van der Waals surface area contributed by atoms with E-state index >= 15 is 0 Å². The minimum absolute atomic E-state index is 0.268. The maximum absolute atomic E-state index is 13.1. The highest BCUT2D eigenvalue weighted by molar-refractivity contribution is 6.31. The van der Waals surface area contributed by atoms with Crippen LogP contribution in [-0.2, 0) is 19.1 Å². The topological polar surface area (TPSA) is 38.0 Å². The number of halogens is 2. The second-order valence-corrected chi connectivity index (χ2v) is 4.95. The Labute approximate surface area is 110 Å². The number of benzene rings is 1. The lowest BCUT2D eigenvalue weighted by Gasteiger charge is -2.24. The Morgan fingerprint density at radius 2 is 2.22 bits per heavy atom. The van der Waals surface area contributed by atoms with Gasteiger partial charge in [0.2, 0.25) is 0 Å². The number of nitrogens with zero attached hydrogens (tertiary/aromatic N) is 2. The zero-order chi connectivity index (χ0) is 13.3. The van der Waals surface area contributed by atoms with Crippen LogP contribution in [0.1, 0.15) is 18.2 Å². The van der Waals surface area contributed by atoms with Gasteiger partial charge in [0, 0.05) is 13.5 Å². The Morgan fingerprint density at radius 3 is 2.78 bits per heavy atom. The molecule has 1 N–H and O–H groups in total. The highest BCUT2D eigenvalue weighted by Crippen LogP contribution is 2.30. The summed E-state index contributed by atoms with van der Waals surface area (Å²) in [5.74, 6) is -0.320. The van der Waals surface area contributed by atoms with Crippen molar-refractivity contribution >= 4 is 11.6 Å². The van der Waals surface area contributed by atoms with Crippen molar-refractivity contribution in [1.82, 2.24) is 9.78 Å². The van der Waals surface area contributed by atoms with Gasteiger partial charge in [-0.2, -0.15) is 5.10 Å². The van der Waals surface area contributed by atoms with Gasteiger partial charge in [-0.05, 0) is 24.6 Å². The van der Waals surface area contributed by atoms with Crippen LogP contribution in [0.5, 0.6) is 0 Å². The Bertz CT molecular complexity index is 546. The summed E-state index contributed by atoms with van der Waals surface area (Å²) >= 11 is 6.01. The first-order chi connectivity index (χ1) is 8.40. The van der Waals surface area contributed by atoms with Gasteiger partial charge in [-0.15, -0.1) is 0 Å². The summed E-state index contributed by atoms with van der Waals surface area (Å²) in [5.41, 5.74) is 0.0292. The van der Waals surface area contributed by atoms with Crippen molar-refractivity contribution in [2.75, 3.05) is 0 Å². The van der Waals surface area contributed by atoms with Gasteiger partial charge in [0.15, 0.2) is 0 Å². The molecule has 96 valence electrons. The molecule has 1 heterocycles. The van der Waals surface area contributed by atoms with Crippen LogP contribution >= 0.6 is 11.6 Å². The molecule has 0 aliphatic rings. The van der Waals surface area contributed by atoms with Gasteiger partial charge >= 0.3 is 0 Å². The Hall–Kier alpha value is -1.39. The highest BCUT2D eigenvalue weighted by atomic mass is 35.5. The van der Waals surface area contributed by atoms with Gasteiger partial charge < -0.3 is 5.11 Å². The average molecular weight is 269 g/mol. The molecule has 2 aromatic rings. The summed E-state index contributed by atoms with van der Waals surface area (Å²) in [6, 6.07) is 6.15. The van der Waals surface area contributed by atoms with Crippen LogP contribution < -0.4 is 0 Å². The van der Waals surface area contributed by atoms with Gasteiger partial charge in [0.25, 0.3) is 0 Å². The molecule has 2 rings (SSSR count). The lowest BCUT2D eigenvalue weighted by molar-refractivity contribution is 0.0490. The van der Waals surface area contributed by atoms with Crippen molar-refractivity contribution in [3.05, 3.63) is 52.6 Å². The van der Waals surface area contributed by atoms with Gasteiger partial charge in [-0.1, -0.05) is 23.7 Å². The number of aromatic nitrogens is 2. The first kappa shape index (κ1) is 13.1. The Morgan fingerprint density at radius 1 is 1.50 bits per heavy atom. The predicted octanol–water partition coefficient (Wildman–Crippen LogP) is 2.66. The largest absolute Gasteiger partial charge is 0.383 e. The van der Waals surface area contributed by atoms with Crippen LogP contribution in [0.2, 0.25) is 5.02 Å². The number of aliphatic hydroxyl groups is 1. The number of rotatable bonds is 3. The molecule has 0 bridgehead atoms. The van der Waals surface area contributed by atoms with Gasteiger partial charge in [-0.3, -0.25) is 4.68 Å². The molecule has 1 aromatic carbocycles. The van der Waals surface area contributed by atoms with Crippen LogP contribution in [0.25, 0.3) is 0 Å². The van der Waals surface area contributed by atoms with Crippen molar-refractivity contribution in [2.45, 2.75) is 18.9 Å². The summed E-state index contributed by atoms with van der Waals surface area (Å²) in [7, 11) is 1.71. The third-order valence-corrected chi connectivity index (χ3v) is 3.12. The molecular formula is C13H14ClFN2O. The van der Waals surface area contributed by atoms with Crippen molar-refractivity contribution < 1.29 is 9.50 Å². The van der Waals surface area contributed by atoms with Crippen LogP contribution in [0.3, 0.4) is 0 Å². The third kappa shape index (κ3) is 2.54. The molecule has 0 amide bonds. The molecule has 0 spiro atoms. The van der Waals surface area contributed by atoms with E-state index in [1.165, 1.54) is 23.0 Å². The summed E-state index contributed by atoms with van der Waals surface area (Å²) < 4.78 is 14.6.